The van der Waals surface area contributed by atoms with E-state index in [1.165, 1.54) is 7.11 Å². The zero-order valence-corrected chi connectivity index (χ0v) is 15.5. The summed E-state index contributed by atoms with van der Waals surface area (Å²) in [6, 6.07) is 10.9. The van der Waals surface area contributed by atoms with Crippen molar-refractivity contribution < 1.29 is 17.7 Å². The number of nitrogens with one attached hydrogen (secondary N) is 1. The molecule has 1 N–H and O–H groups in total. The monoisotopic (exact) mass is 372 g/mol. The summed E-state index contributed by atoms with van der Waals surface area (Å²) in [5, 5.41) is 4.71. The first kappa shape index (κ1) is 16.9. The lowest BCUT2D eigenvalue weighted by atomic mass is 10.1. The molecular formula is C19H20N2O4S. The van der Waals surface area contributed by atoms with E-state index in [0.29, 0.717) is 17.3 Å². The van der Waals surface area contributed by atoms with Crippen molar-refractivity contribution in [2.24, 2.45) is 0 Å². The van der Waals surface area contributed by atoms with Gasteiger partial charge >= 0.3 is 0 Å². The molecule has 1 fully saturated rings. The van der Waals surface area contributed by atoms with Crippen molar-refractivity contribution in [1.82, 2.24) is 5.16 Å². The second-order valence-electron chi connectivity index (χ2n) is 6.47. The van der Waals surface area contributed by atoms with Crippen molar-refractivity contribution in [3.8, 4) is 5.75 Å². The third kappa shape index (κ3) is 2.92. The van der Waals surface area contributed by atoms with Gasteiger partial charge in [0.15, 0.2) is 11.4 Å². The van der Waals surface area contributed by atoms with E-state index in [2.05, 4.69) is 9.88 Å². The SMILES string of the molecule is CCc1ccc(OC)c(S(=O)(=O)Nc2noc3cccc(C4CC4)c23)c1. The standard InChI is InChI=1S/C19H20N2O4S/c1-3-12-7-10-15(24-2)17(11-12)26(22,23)21-19-18-14(13-8-9-13)5-4-6-16(18)25-20-19/h4-7,10-11,13H,3,8-9H2,1-2H3,(H,20,21). The van der Waals surface area contributed by atoms with E-state index in [9.17, 15) is 8.42 Å². The minimum absolute atomic E-state index is 0.0967. The van der Waals surface area contributed by atoms with Crippen molar-refractivity contribution >= 4 is 26.8 Å². The quantitative estimate of drug-likeness (QED) is 0.705. The fraction of sp³-hybridized carbons (Fsp3) is 0.316. The molecule has 136 valence electrons. The average Bonchev–Trinajstić information content (AvgIpc) is 3.42. The Morgan fingerprint density at radius 1 is 1.27 bits per heavy atom. The molecule has 0 aliphatic heterocycles. The van der Waals surface area contributed by atoms with Gasteiger partial charge in [-0.05, 0) is 54.5 Å². The van der Waals surface area contributed by atoms with Crippen LogP contribution in [0.3, 0.4) is 0 Å². The topological polar surface area (TPSA) is 81.4 Å². The molecule has 0 radical (unpaired) electrons. The van der Waals surface area contributed by atoms with Gasteiger partial charge in [0.25, 0.3) is 10.0 Å². The molecule has 1 aromatic heterocycles. The Hall–Kier alpha value is -2.54. The molecule has 0 atom stereocenters. The maximum Gasteiger partial charge on any atom is 0.266 e. The Kier molecular flexibility index (Phi) is 4.11. The van der Waals surface area contributed by atoms with Crippen molar-refractivity contribution in [2.45, 2.75) is 37.0 Å². The molecule has 1 saturated carbocycles. The fourth-order valence-corrected chi connectivity index (χ4v) is 4.38. The van der Waals surface area contributed by atoms with Gasteiger partial charge in [0.2, 0.25) is 0 Å². The Balaban J connectivity index is 1.79. The van der Waals surface area contributed by atoms with Crippen molar-refractivity contribution in [3.63, 3.8) is 0 Å². The Morgan fingerprint density at radius 3 is 2.77 bits per heavy atom. The summed E-state index contributed by atoms with van der Waals surface area (Å²) in [7, 11) is -2.41. The summed E-state index contributed by atoms with van der Waals surface area (Å²) in [5.41, 5.74) is 2.58. The summed E-state index contributed by atoms with van der Waals surface area (Å²) in [6.45, 7) is 1.97. The van der Waals surface area contributed by atoms with Gasteiger partial charge in [-0.25, -0.2) is 8.42 Å². The van der Waals surface area contributed by atoms with Crippen LogP contribution in [0, 0.1) is 0 Å². The summed E-state index contributed by atoms with van der Waals surface area (Å²) in [4.78, 5) is 0.0967. The largest absolute Gasteiger partial charge is 0.495 e. The van der Waals surface area contributed by atoms with E-state index < -0.39 is 10.0 Å². The van der Waals surface area contributed by atoms with Crippen molar-refractivity contribution in [1.29, 1.82) is 0 Å². The third-order valence-electron chi connectivity index (χ3n) is 4.70. The highest BCUT2D eigenvalue weighted by Gasteiger charge is 2.29. The zero-order valence-electron chi connectivity index (χ0n) is 14.7. The summed E-state index contributed by atoms with van der Waals surface area (Å²) in [6.07, 6.45) is 2.93. The van der Waals surface area contributed by atoms with Crippen LogP contribution in [0.5, 0.6) is 5.75 Å². The lowest BCUT2D eigenvalue weighted by Gasteiger charge is -2.12. The van der Waals surface area contributed by atoms with E-state index in [-0.39, 0.29) is 10.7 Å². The second kappa shape index (κ2) is 6.32. The normalized spacial score (nSPS) is 14.5. The lowest BCUT2D eigenvalue weighted by molar-refractivity contribution is 0.402. The van der Waals surface area contributed by atoms with Crippen LogP contribution in [0.25, 0.3) is 11.0 Å². The van der Waals surface area contributed by atoms with E-state index in [1.807, 2.05) is 25.1 Å². The van der Waals surface area contributed by atoms with Gasteiger partial charge in [0.05, 0.1) is 12.5 Å². The van der Waals surface area contributed by atoms with Crippen LogP contribution < -0.4 is 9.46 Å². The Morgan fingerprint density at radius 2 is 2.08 bits per heavy atom. The van der Waals surface area contributed by atoms with Gasteiger partial charge in [0.1, 0.15) is 10.6 Å². The number of methoxy groups -OCH3 is 1. The first-order chi connectivity index (χ1) is 12.5. The molecule has 0 spiro atoms. The van der Waals surface area contributed by atoms with E-state index in [0.717, 1.165) is 35.8 Å². The van der Waals surface area contributed by atoms with Gasteiger partial charge in [0, 0.05) is 0 Å². The van der Waals surface area contributed by atoms with Gasteiger partial charge in [-0.1, -0.05) is 30.3 Å². The molecule has 7 heteroatoms. The number of hydrogen-bond acceptors (Lipinski definition) is 5. The number of rotatable bonds is 6. The summed E-state index contributed by atoms with van der Waals surface area (Å²) < 4.78 is 39.2. The van der Waals surface area contributed by atoms with Crippen molar-refractivity contribution in [2.75, 3.05) is 11.8 Å². The number of nitrogens with zero attached hydrogens (tertiary/aromatic N) is 1. The van der Waals surface area contributed by atoms with Crippen LogP contribution in [0.4, 0.5) is 5.82 Å². The van der Waals surface area contributed by atoms with Gasteiger partial charge < -0.3 is 9.26 Å². The molecule has 1 aliphatic carbocycles. The third-order valence-corrected chi connectivity index (χ3v) is 6.06. The molecule has 26 heavy (non-hydrogen) atoms. The Labute approximate surface area is 152 Å². The van der Waals surface area contributed by atoms with Gasteiger partial charge in [-0.15, -0.1) is 0 Å². The van der Waals surface area contributed by atoms with Crippen LogP contribution in [0.15, 0.2) is 45.8 Å². The highest BCUT2D eigenvalue weighted by Crippen LogP contribution is 2.45. The number of fused-ring (bicyclic) bond motifs is 1. The van der Waals surface area contributed by atoms with Crippen LogP contribution in [0.1, 0.15) is 36.8 Å². The van der Waals surface area contributed by atoms with Crippen LogP contribution >= 0.6 is 0 Å². The number of hydrogen-bond donors (Lipinski definition) is 1. The molecule has 0 unspecified atom stereocenters. The Bertz CT molecular complexity index is 1070. The molecule has 0 bridgehead atoms. The molecule has 0 saturated heterocycles. The van der Waals surface area contributed by atoms with Crippen molar-refractivity contribution in [3.05, 3.63) is 47.5 Å². The first-order valence-electron chi connectivity index (χ1n) is 8.61. The van der Waals surface area contributed by atoms with Crippen LogP contribution in [0.2, 0.25) is 0 Å². The predicted molar refractivity (Wildman–Crippen MR) is 99.2 cm³/mol. The number of anilines is 1. The average molecular weight is 372 g/mol. The van der Waals surface area contributed by atoms with E-state index >= 15 is 0 Å². The van der Waals surface area contributed by atoms with Crippen LogP contribution in [-0.2, 0) is 16.4 Å². The predicted octanol–water partition coefficient (Wildman–Crippen LogP) is 4.08. The van der Waals surface area contributed by atoms with Gasteiger partial charge in [-0.3, -0.25) is 4.72 Å². The fourth-order valence-electron chi connectivity index (χ4n) is 3.16. The molecule has 3 aromatic rings. The number of benzene rings is 2. The second-order valence-corrected chi connectivity index (χ2v) is 8.12. The molecular weight excluding hydrogens is 352 g/mol. The minimum atomic E-state index is -3.87. The maximum absolute atomic E-state index is 13.0. The number of aryl methyl sites for hydroxylation is 1. The highest BCUT2D eigenvalue weighted by atomic mass is 32.2. The smallest absolute Gasteiger partial charge is 0.266 e. The molecule has 1 heterocycles. The lowest BCUT2D eigenvalue weighted by Crippen LogP contribution is -2.15. The molecule has 1 aliphatic rings. The molecule has 4 rings (SSSR count). The summed E-state index contributed by atoms with van der Waals surface area (Å²) in [5.74, 6) is 0.968. The molecule has 2 aromatic carbocycles. The molecule has 6 nitrogen and oxygen atoms in total. The number of sulfonamides is 1. The van der Waals surface area contributed by atoms with Crippen LogP contribution in [-0.4, -0.2) is 20.7 Å². The van der Waals surface area contributed by atoms with E-state index in [4.69, 9.17) is 9.26 Å². The summed E-state index contributed by atoms with van der Waals surface area (Å²) >= 11 is 0. The molecule has 0 amide bonds. The highest BCUT2D eigenvalue weighted by molar-refractivity contribution is 7.92. The first-order valence-corrected chi connectivity index (χ1v) is 10.1. The number of ether oxygens (including phenoxy) is 1. The van der Waals surface area contributed by atoms with Gasteiger partial charge in [-0.2, -0.15) is 0 Å². The minimum Gasteiger partial charge on any atom is -0.495 e. The zero-order chi connectivity index (χ0) is 18.3. The maximum atomic E-state index is 13.0. The number of aromatic nitrogens is 1. The van der Waals surface area contributed by atoms with E-state index in [1.54, 1.807) is 18.2 Å².